The zero-order valence-electron chi connectivity index (χ0n) is 20.7. The smallest absolute Gasteiger partial charge is 0.300 e. The number of alkyl halides is 6. The fourth-order valence-electron chi connectivity index (χ4n) is 4.95. The summed E-state index contributed by atoms with van der Waals surface area (Å²) in [6.07, 6.45) is -10.0. The van der Waals surface area contributed by atoms with Gasteiger partial charge in [0.2, 0.25) is 0 Å². The molecule has 0 aliphatic rings. The van der Waals surface area contributed by atoms with Crippen molar-refractivity contribution in [1.82, 2.24) is 0 Å². The molecule has 2 atom stereocenters. The molecule has 1 nitrogen and oxygen atoms in total. The molecule has 0 aromatic heterocycles. The molecular formula is C31H22Br2F6O. The van der Waals surface area contributed by atoms with E-state index in [0.29, 0.717) is 20.1 Å². The van der Waals surface area contributed by atoms with Crippen LogP contribution in [0.2, 0.25) is 0 Å². The van der Waals surface area contributed by atoms with E-state index < -0.39 is 41.1 Å². The van der Waals surface area contributed by atoms with Crippen LogP contribution in [-0.4, -0.2) is 5.78 Å². The highest BCUT2D eigenvalue weighted by Crippen LogP contribution is 2.44. The number of carbonyl (C=O) groups excluding carboxylic acids is 1. The first-order chi connectivity index (χ1) is 18.9. The first-order valence-corrected chi connectivity index (χ1v) is 13.8. The summed E-state index contributed by atoms with van der Waals surface area (Å²) in [6.45, 7) is 0. The SMILES string of the molecule is O=C(CC(c1ccccc1Br)c1ccccc1C(F)(F)F)CC(c1ccccc1Br)c1ccccc1C(F)(F)F. The first-order valence-electron chi connectivity index (χ1n) is 12.2. The highest BCUT2D eigenvalue weighted by atomic mass is 79.9. The van der Waals surface area contributed by atoms with E-state index in [0.717, 1.165) is 12.1 Å². The average molecular weight is 684 g/mol. The summed E-state index contributed by atoms with van der Waals surface area (Å²) in [6, 6.07) is 23.5. The lowest BCUT2D eigenvalue weighted by molar-refractivity contribution is -0.139. The van der Waals surface area contributed by atoms with E-state index in [1.165, 1.54) is 36.4 Å². The molecule has 208 valence electrons. The zero-order valence-corrected chi connectivity index (χ0v) is 23.9. The predicted molar refractivity (Wildman–Crippen MR) is 149 cm³/mol. The van der Waals surface area contributed by atoms with Crippen LogP contribution >= 0.6 is 31.9 Å². The Morgan fingerprint density at radius 1 is 0.525 bits per heavy atom. The third kappa shape index (κ3) is 6.86. The molecule has 0 fully saturated rings. The second kappa shape index (κ2) is 12.3. The molecular weight excluding hydrogens is 662 g/mol. The van der Waals surface area contributed by atoms with Crippen LogP contribution in [0, 0.1) is 0 Å². The largest absolute Gasteiger partial charge is 0.416 e. The van der Waals surface area contributed by atoms with E-state index >= 15 is 0 Å². The molecule has 0 saturated heterocycles. The summed E-state index contributed by atoms with van der Waals surface area (Å²) >= 11 is 6.80. The molecule has 0 bridgehead atoms. The van der Waals surface area contributed by atoms with Gasteiger partial charge in [0.15, 0.2) is 0 Å². The van der Waals surface area contributed by atoms with Crippen molar-refractivity contribution in [3.8, 4) is 0 Å². The van der Waals surface area contributed by atoms with Crippen LogP contribution in [-0.2, 0) is 17.1 Å². The number of halogens is 8. The van der Waals surface area contributed by atoms with E-state index in [4.69, 9.17) is 0 Å². The Morgan fingerprint density at radius 3 is 1.15 bits per heavy atom. The van der Waals surface area contributed by atoms with Gasteiger partial charge in [0, 0.05) is 33.6 Å². The molecule has 4 aromatic rings. The van der Waals surface area contributed by atoms with Crippen LogP contribution < -0.4 is 0 Å². The molecule has 0 amide bonds. The molecule has 0 radical (unpaired) electrons. The molecule has 0 spiro atoms. The van der Waals surface area contributed by atoms with Crippen molar-refractivity contribution in [3.05, 3.63) is 139 Å². The molecule has 0 aliphatic heterocycles. The Hall–Kier alpha value is -2.91. The zero-order chi connectivity index (χ0) is 29.1. The van der Waals surface area contributed by atoms with Crippen molar-refractivity contribution in [2.45, 2.75) is 37.0 Å². The lowest BCUT2D eigenvalue weighted by Crippen LogP contribution is -2.19. The Kier molecular flexibility index (Phi) is 9.25. The van der Waals surface area contributed by atoms with E-state index in [1.54, 1.807) is 48.5 Å². The Balaban J connectivity index is 1.80. The Labute approximate surface area is 244 Å². The van der Waals surface area contributed by atoms with Crippen LogP contribution in [0.1, 0.15) is 58.1 Å². The van der Waals surface area contributed by atoms with E-state index in [2.05, 4.69) is 31.9 Å². The summed E-state index contributed by atoms with van der Waals surface area (Å²) in [4.78, 5) is 13.7. The number of hydrogen-bond acceptors (Lipinski definition) is 1. The Morgan fingerprint density at radius 2 is 0.825 bits per heavy atom. The number of carbonyl (C=O) groups is 1. The number of ketones is 1. The third-order valence-electron chi connectivity index (χ3n) is 6.71. The summed E-state index contributed by atoms with van der Waals surface area (Å²) in [5, 5.41) is 0. The number of rotatable bonds is 8. The third-order valence-corrected chi connectivity index (χ3v) is 8.15. The standard InChI is InChI=1S/C31H22Br2F6O/c32-28-15-7-3-11-22(28)24(20-9-1-5-13-26(20)30(34,35)36)17-19(40)18-25(23-12-4-8-16-29(23)33)21-10-2-6-14-27(21)31(37,38)39/h1-16,24-25H,17-18H2. The number of hydrogen-bond donors (Lipinski definition) is 0. The molecule has 0 aliphatic carbocycles. The van der Waals surface area contributed by atoms with Gasteiger partial charge in [0.1, 0.15) is 5.78 Å². The lowest BCUT2D eigenvalue weighted by atomic mass is 9.80. The van der Waals surface area contributed by atoms with Gasteiger partial charge in [0.05, 0.1) is 11.1 Å². The van der Waals surface area contributed by atoms with Gasteiger partial charge in [0.25, 0.3) is 0 Å². The molecule has 0 N–H and O–H groups in total. The van der Waals surface area contributed by atoms with Crippen molar-refractivity contribution >= 4 is 37.6 Å². The van der Waals surface area contributed by atoms with E-state index in [9.17, 15) is 31.1 Å². The minimum absolute atomic E-state index is 0.0802. The highest BCUT2D eigenvalue weighted by molar-refractivity contribution is 9.10. The first kappa shape index (κ1) is 30.1. The minimum Gasteiger partial charge on any atom is -0.300 e. The topological polar surface area (TPSA) is 17.1 Å². The van der Waals surface area contributed by atoms with Crippen molar-refractivity contribution in [3.63, 3.8) is 0 Å². The highest BCUT2D eigenvalue weighted by Gasteiger charge is 2.38. The fourth-order valence-corrected chi connectivity index (χ4v) is 6.07. The fraction of sp³-hybridized carbons (Fsp3) is 0.194. The van der Waals surface area contributed by atoms with Crippen LogP contribution in [0.15, 0.2) is 106 Å². The van der Waals surface area contributed by atoms with Crippen molar-refractivity contribution in [2.24, 2.45) is 0 Å². The van der Waals surface area contributed by atoms with Gasteiger partial charge in [-0.15, -0.1) is 0 Å². The van der Waals surface area contributed by atoms with E-state index in [-0.39, 0.29) is 24.0 Å². The maximum Gasteiger partial charge on any atom is 0.416 e. The second-order valence-electron chi connectivity index (χ2n) is 9.27. The van der Waals surface area contributed by atoms with Crippen LogP contribution in [0.5, 0.6) is 0 Å². The van der Waals surface area contributed by atoms with Gasteiger partial charge >= 0.3 is 12.4 Å². The average Bonchev–Trinajstić information content (AvgIpc) is 2.90. The lowest BCUT2D eigenvalue weighted by Gasteiger charge is -2.25. The molecule has 2 unspecified atom stereocenters. The normalized spacial score (nSPS) is 13.6. The molecule has 9 heteroatoms. The van der Waals surface area contributed by atoms with Gasteiger partial charge in [-0.3, -0.25) is 4.79 Å². The van der Waals surface area contributed by atoms with Gasteiger partial charge in [-0.1, -0.05) is 105 Å². The van der Waals surface area contributed by atoms with E-state index in [1.807, 2.05) is 0 Å². The quantitative estimate of drug-likeness (QED) is 0.169. The monoisotopic (exact) mass is 682 g/mol. The van der Waals surface area contributed by atoms with Crippen LogP contribution in [0.25, 0.3) is 0 Å². The van der Waals surface area contributed by atoms with Gasteiger partial charge in [-0.25, -0.2) is 0 Å². The second-order valence-corrected chi connectivity index (χ2v) is 11.0. The maximum absolute atomic E-state index is 14.0. The summed E-state index contributed by atoms with van der Waals surface area (Å²) < 4.78 is 85.1. The van der Waals surface area contributed by atoms with Gasteiger partial charge in [-0.05, 0) is 46.5 Å². The van der Waals surface area contributed by atoms with Gasteiger partial charge < -0.3 is 0 Å². The van der Waals surface area contributed by atoms with Crippen molar-refractivity contribution < 1.29 is 31.1 Å². The number of Topliss-reactive ketones (excluding diaryl/α,β-unsaturated/α-hetero) is 1. The Bertz CT molecular complexity index is 1380. The van der Waals surface area contributed by atoms with Crippen LogP contribution in [0.3, 0.4) is 0 Å². The molecule has 0 saturated carbocycles. The summed E-state index contributed by atoms with van der Waals surface area (Å²) in [7, 11) is 0. The predicted octanol–water partition coefficient (Wildman–Crippen LogP) is 10.6. The van der Waals surface area contributed by atoms with Crippen molar-refractivity contribution in [1.29, 1.82) is 0 Å². The molecule has 4 aromatic carbocycles. The number of benzene rings is 4. The van der Waals surface area contributed by atoms with Crippen molar-refractivity contribution in [2.75, 3.05) is 0 Å². The molecule has 4 rings (SSSR count). The molecule has 0 heterocycles. The molecule has 40 heavy (non-hydrogen) atoms. The summed E-state index contributed by atoms with van der Waals surface area (Å²) in [5.41, 5.74) is -0.949. The van der Waals surface area contributed by atoms with Crippen LogP contribution in [0.4, 0.5) is 26.3 Å². The summed E-state index contributed by atoms with van der Waals surface area (Å²) in [5.74, 6) is -2.45. The van der Waals surface area contributed by atoms with Gasteiger partial charge in [-0.2, -0.15) is 26.3 Å². The maximum atomic E-state index is 14.0. The minimum atomic E-state index is -4.66.